The Balaban J connectivity index is 2.85. The van der Waals surface area contributed by atoms with Gasteiger partial charge in [0, 0.05) is 17.9 Å². The van der Waals surface area contributed by atoms with Crippen LogP contribution in [0.5, 0.6) is 5.75 Å². The van der Waals surface area contributed by atoms with Gasteiger partial charge in [-0.2, -0.15) is 25.3 Å². The number of aliphatic hydroxyl groups excluding tert-OH is 1. The van der Waals surface area contributed by atoms with Gasteiger partial charge in [0.15, 0.2) is 0 Å². The van der Waals surface area contributed by atoms with Crippen molar-refractivity contribution in [2.24, 2.45) is 5.73 Å². The lowest BCUT2D eigenvalue weighted by Gasteiger charge is -2.25. The summed E-state index contributed by atoms with van der Waals surface area (Å²) in [4.78, 5) is 48.7. The summed E-state index contributed by atoms with van der Waals surface area (Å²) >= 11 is 7.92. The minimum Gasteiger partial charge on any atom is -0.508 e. The van der Waals surface area contributed by atoms with Crippen LogP contribution in [0.1, 0.15) is 12.5 Å². The van der Waals surface area contributed by atoms with Gasteiger partial charge in [-0.25, -0.2) is 4.79 Å². The van der Waals surface area contributed by atoms with Crippen LogP contribution < -0.4 is 21.7 Å². The first kappa shape index (κ1) is 27.6. The zero-order valence-corrected chi connectivity index (χ0v) is 19.1. The molecule has 13 heteroatoms. The molecule has 0 radical (unpaired) electrons. The van der Waals surface area contributed by atoms with E-state index >= 15 is 0 Å². The highest BCUT2D eigenvalue weighted by Crippen LogP contribution is 2.11. The number of thiol groups is 2. The largest absolute Gasteiger partial charge is 0.508 e. The molecular weight excluding hydrogens is 460 g/mol. The lowest BCUT2D eigenvalue weighted by molar-refractivity contribution is -0.142. The second kappa shape index (κ2) is 13.2. The Labute approximate surface area is 196 Å². The summed E-state index contributed by atoms with van der Waals surface area (Å²) in [5, 5.41) is 35.6. The number of nitrogens with two attached hydrogens (primary N) is 1. The first-order valence-electron chi connectivity index (χ1n) is 9.57. The van der Waals surface area contributed by atoms with E-state index < -0.39 is 54.0 Å². The Morgan fingerprint density at radius 2 is 1.50 bits per heavy atom. The molecule has 0 heterocycles. The minimum atomic E-state index is -1.41. The second-order valence-electron chi connectivity index (χ2n) is 7.03. The summed E-state index contributed by atoms with van der Waals surface area (Å²) in [5.74, 6) is -3.86. The third-order valence-electron chi connectivity index (χ3n) is 4.40. The molecule has 0 bridgehead atoms. The summed E-state index contributed by atoms with van der Waals surface area (Å²) in [6, 6.07) is 0.828. The van der Waals surface area contributed by atoms with Crippen LogP contribution in [-0.4, -0.2) is 80.8 Å². The van der Waals surface area contributed by atoms with Crippen LogP contribution in [0.15, 0.2) is 24.3 Å². The maximum atomic E-state index is 12.6. The van der Waals surface area contributed by atoms with Gasteiger partial charge < -0.3 is 37.0 Å². The monoisotopic (exact) mass is 488 g/mol. The number of carboxylic acids is 1. The van der Waals surface area contributed by atoms with Gasteiger partial charge in [0.1, 0.15) is 23.9 Å². The number of phenols is 1. The Morgan fingerprint density at radius 1 is 0.938 bits per heavy atom. The van der Waals surface area contributed by atoms with E-state index in [1.54, 1.807) is 0 Å². The number of benzene rings is 1. The van der Waals surface area contributed by atoms with E-state index in [2.05, 4.69) is 41.2 Å². The van der Waals surface area contributed by atoms with Crippen LogP contribution in [0.4, 0.5) is 0 Å². The summed E-state index contributed by atoms with van der Waals surface area (Å²) in [6.07, 6.45) is -1.38. The number of aliphatic hydroxyl groups is 1. The van der Waals surface area contributed by atoms with Gasteiger partial charge in [0.25, 0.3) is 0 Å². The molecule has 1 aromatic rings. The summed E-state index contributed by atoms with van der Waals surface area (Å²) in [6.45, 7) is 1.27. The molecule has 0 aliphatic carbocycles. The number of hydrogen-bond acceptors (Lipinski definition) is 9. The van der Waals surface area contributed by atoms with E-state index in [0.29, 0.717) is 5.56 Å². The van der Waals surface area contributed by atoms with Crippen LogP contribution in [0.25, 0.3) is 0 Å². The number of nitrogens with one attached hydrogen (secondary N) is 3. The summed E-state index contributed by atoms with van der Waals surface area (Å²) in [7, 11) is 0. The highest BCUT2D eigenvalue weighted by atomic mass is 32.1. The first-order chi connectivity index (χ1) is 15.0. The van der Waals surface area contributed by atoms with E-state index in [4.69, 9.17) is 5.73 Å². The third kappa shape index (κ3) is 8.57. The number of rotatable bonds is 12. The Bertz CT molecular complexity index is 807. The molecule has 0 fully saturated rings. The van der Waals surface area contributed by atoms with Crippen molar-refractivity contribution in [3.05, 3.63) is 29.8 Å². The van der Waals surface area contributed by atoms with Gasteiger partial charge in [-0.3, -0.25) is 14.4 Å². The molecule has 0 saturated carbocycles. The number of hydrogen-bond donors (Lipinski definition) is 9. The fraction of sp³-hybridized carbons (Fsp3) is 0.474. The topological polar surface area (TPSA) is 191 Å². The van der Waals surface area contributed by atoms with Gasteiger partial charge in [-0.15, -0.1) is 0 Å². The van der Waals surface area contributed by atoms with Crippen molar-refractivity contribution in [2.75, 3.05) is 11.5 Å². The fourth-order valence-corrected chi connectivity index (χ4v) is 2.97. The number of carbonyl (C=O) groups excluding carboxylic acids is 3. The molecule has 0 aromatic heterocycles. The van der Waals surface area contributed by atoms with Gasteiger partial charge in [0.2, 0.25) is 17.7 Å². The highest BCUT2D eigenvalue weighted by molar-refractivity contribution is 7.80. The molecule has 32 heavy (non-hydrogen) atoms. The highest BCUT2D eigenvalue weighted by Gasteiger charge is 2.31. The molecule has 178 valence electrons. The van der Waals surface area contributed by atoms with Crippen LogP contribution in [0.2, 0.25) is 0 Å². The SMILES string of the molecule is CC(O)C(NC(=O)C(N)CS)C(=O)NC(CS)C(=O)NC(Cc1ccc(O)cc1)C(=O)O. The second-order valence-corrected chi connectivity index (χ2v) is 7.76. The maximum absolute atomic E-state index is 12.6. The normalized spacial score (nSPS) is 15.5. The molecule has 1 aromatic carbocycles. The number of aliphatic carboxylic acids is 1. The van der Waals surface area contributed by atoms with Crippen molar-refractivity contribution >= 4 is 48.9 Å². The van der Waals surface area contributed by atoms with Gasteiger partial charge in [-0.05, 0) is 24.6 Å². The average molecular weight is 489 g/mol. The van der Waals surface area contributed by atoms with Crippen molar-refractivity contribution in [3.8, 4) is 5.75 Å². The molecular formula is C19H28N4O7S2. The predicted molar refractivity (Wildman–Crippen MR) is 123 cm³/mol. The van der Waals surface area contributed by atoms with E-state index in [9.17, 15) is 34.5 Å². The molecule has 0 saturated heterocycles. The minimum absolute atomic E-state index is 0.0117. The molecule has 0 aliphatic rings. The van der Waals surface area contributed by atoms with Crippen molar-refractivity contribution in [1.82, 2.24) is 16.0 Å². The molecule has 0 spiro atoms. The lowest BCUT2D eigenvalue weighted by Crippen LogP contribution is -2.60. The number of amides is 3. The Morgan fingerprint density at radius 3 is 1.97 bits per heavy atom. The van der Waals surface area contributed by atoms with E-state index in [1.165, 1.54) is 31.2 Å². The van der Waals surface area contributed by atoms with Crippen molar-refractivity contribution in [2.45, 2.75) is 43.6 Å². The molecule has 8 N–H and O–H groups in total. The number of carbonyl (C=O) groups is 4. The van der Waals surface area contributed by atoms with Gasteiger partial charge in [0.05, 0.1) is 12.1 Å². The molecule has 5 unspecified atom stereocenters. The van der Waals surface area contributed by atoms with Crippen LogP contribution in [0.3, 0.4) is 0 Å². The zero-order chi connectivity index (χ0) is 24.4. The standard InChI is InChI=1S/C19H28N4O7S2/c1-9(24)15(23-16(26)12(20)7-31)18(28)22-14(8-32)17(27)21-13(19(29)30)6-10-2-4-11(25)5-3-10/h2-5,9,12-15,24-25,31-32H,6-8,20H2,1H3,(H,21,27)(H,22,28)(H,23,26)(H,29,30). The molecule has 5 atom stereocenters. The lowest BCUT2D eigenvalue weighted by atomic mass is 10.1. The van der Waals surface area contributed by atoms with Crippen LogP contribution in [0, 0.1) is 0 Å². The maximum Gasteiger partial charge on any atom is 0.326 e. The summed E-state index contributed by atoms with van der Waals surface area (Å²) in [5.41, 5.74) is 6.10. The average Bonchev–Trinajstić information content (AvgIpc) is 2.75. The fourth-order valence-electron chi connectivity index (χ4n) is 2.54. The van der Waals surface area contributed by atoms with Crippen molar-refractivity contribution in [3.63, 3.8) is 0 Å². The van der Waals surface area contributed by atoms with Crippen molar-refractivity contribution < 1.29 is 34.5 Å². The predicted octanol–water partition coefficient (Wildman–Crippen LogP) is -1.96. The molecule has 11 nitrogen and oxygen atoms in total. The van der Waals surface area contributed by atoms with E-state index in [1.807, 2.05) is 0 Å². The summed E-state index contributed by atoms with van der Waals surface area (Å²) < 4.78 is 0. The molecule has 1 rings (SSSR count). The Kier molecular flexibility index (Phi) is 11.3. The van der Waals surface area contributed by atoms with Crippen LogP contribution >= 0.6 is 25.3 Å². The van der Waals surface area contributed by atoms with Crippen molar-refractivity contribution in [1.29, 1.82) is 0 Å². The first-order valence-corrected chi connectivity index (χ1v) is 10.8. The zero-order valence-electron chi connectivity index (χ0n) is 17.3. The Hall–Kier alpha value is -2.48. The van der Waals surface area contributed by atoms with Gasteiger partial charge in [-0.1, -0.05) is 12.1 Å². The number of aromatic hydroxyl groups is 1. The number of carboxylic acid groups (broad SMARTS) is 1. The quantitative estimate of drug-likeness (QED) is 0.151. The van der Waals surface area contributed by atoms with E-state index in [-0.39, 0.29) is 23.7 Å². The smallest absolute Gasteiger partial charge is 0.326 e. The third-order valence-corrected chi connectivity index (χ3v) is 5.16. The van der Waals surface area contributed by atoms with Crippen LogP contribution in [-0.2, 0) is 25.6 Å². The molecule has 0 aliphatic heterocycles. The van der Waals surface area contributed by atoms with Gasteiger partial charge >= 0.3 is 5.97 Å². The molecule has 3 amide bonds. The van der Waals surface area contributed by atoms with E-state index in [0.717, 1.165) is 0 Å². The number of phenolic OH excluding ortho intramolecular Hbond substituents is 1.